The van der Waals surface area contributed by atoms with Crippen LogP contribution in [-0.2, 0) is 4.79 Å². The Labute approximate surface area is 61.2 Å². The van der Waals surface area contributed by atoms with Crippen molar-refractivity contribution in [3.05, 3.63) is 6.92 Å². The van der Waals surface area contributed by atoms with Crippen molar-refractivity contribution in [2.24, 2.45) is 5.92 Å². The quantitative estimate of drug-likeness (QED) is 0.605. The number of carbonyl (C=O) groups is 1. The lowest BCUT2D eigenvalue weighted by Crippen LogP contribution is -1.97. The lowest BCUT2D eigenvalue weighted by Gasteiger charge is -1.99. The molecule has 2 heteroatoms. The van der Waals surface area contributed by atoms with Crippen molar-refractivity contribution in [2.45, 2.75) is 20.3 Å². The van der Waals surface area contributed by atoms with Gasteiger partial charge in [0.25, 0.3) is 0 Å². The minimum absolute atomic E-state index is 0.264. The van der Waals surface area contributed by atoms with E-state index >= 15 is 0 Å². The third kappa shape index (κ3) is 5.90. The van der Waals surface area contributed by atoms with E-state index in [4.69, 9.17) is 0 Å². The molecule has 0 aliphatic carbocycles. The molecule has 0 unspecified atom stereocenters. The molecule has 0 saturated carbocycles. The van der Waals surface area contributed by atoms with Crippen LogP contribution in [0.1, 0.15) is 20.3 Å². The molecule has 0 N–H and O–H groups in total. The molecule has 0 spiro atoms. The molecule has 0 rings (SSSR count). The predicted octanol–water partition coefficient (Wildman–Crippen LogP) is 2.13. The van der Waals surface area contributed by atoms with Gasteiger partial charge < -0.3 is 0 Å². The zero-order chi connectivity index (χ0) is 7.28. The molecule has 0 bridgehead atoms. The Morgan fingerprint density at radius 1 is 1.67 bits per heavy atom. The summed E-state index contributed by atoms with van der Waals surface area (Å²) in [6.45, 7) is 7.66. The van der Waals surface area contributed by atoms with Gasteiger partial charge in [0.2, 0.25) is 0 Å². The summed E-state index contributed by atoms with van der Waals surface area (Å²) in [6.07, 6.45) is 0.681. The molecule has 0 aromatic carbocycles. The Bertz CT molecular complexity index is 88.9. The van der Waals surface area contributed by atoms with Crippen molar-refractivity contribution in [3.63, 3.8) is 0 Å². The second-order valence-electron chi connectivity index (χ2n) is 2.32. The summed E-state index contributed by atoms with van der Waals surface area (Å²) in [4.78, 5) is 10.8. The minimum Gasteiger partial charge on any atom is -0.287 e. The Balaban J connectivity index is 3.27. The van der Waals surface area contributed by atoms with Gasteiger partial charge in [-0.1, -0.05) is 25.6 Å². The molecule has 0 aliphatic rings. The number of rotatable bonds is 3. The molecule has 0 fully saturated rings. The van der Waals surface area contributed by atoms with E-state index < -0.39 is 0 Å². The van der Waals surface area contributed by atoms with Crippen LogP contribution in [0.2, 0.25) is 0 Å². The summed E-state index contributed by atoms with van der Waals surface area (Å²) in [7, 11) is 0. The molecule has 1 nitrogen and oxygen atoms in total. The third-order valence-electron chi connectivity index (χ3n) is 0.838. The molecule has 0 aromatic heterocycles. The second kappa shape index (κ2) is 4.86. The Hall–Kier alpha value is 0.0200. The van der Waals surface area contributed by atoms with E-state index in [-0.39, 0.29) is 5.12 Å². The van der Waals surface area contributed by atoms with E-state index in [2.05, 4.69) is 6.92 Å². The van der Waals surface area contributed by atoms with Gasteiger partial charge in [0.1, 0.15) is 0 Å². The first-order chi connectivity index (χ1) is 4.16. The number of hydrogen-bond acceptors (Lipinski definition) is 2. The molecule has 0 atom stereocenters. The number of thioether (sulfide) groups is 1. The van der Waals surface area contributed by atoms with Gasteiger partial charge in [0.05, 0.1) is 0 Å². The van der Waals surface area contributed by atoms with Crippen LogP contribution in [0.25, 0.3) is 0 Å². The van der Waals surface area contributed by atoms with Crippen LogP contribution in [0.5, 0.6) is 0 Å². The van der Waals surface area contributed by atoms with E-state index in [1.807, 2.05) is 13.8 Å². The van der Waals surface area contributed by atoms with E-state index in [9.17, 15) is 4.79 Å². The van der Waals surface area contributed by atoms with Gasteiger partial charge in [-0.15, -0.1) is 0 Å². The molecule has 0 aliphatic heterocycles. The van der Waals surface area contributed by atoms with E-state index in [1.54, 1.807) is 0 Å². The van der Waals surface area contributed by atoms with E-state index in [0.717, 1.165) is 0 Å². The van der Waals surface area contributed by atoms with Crippen LogP contribution in [-0.4, -0.2) is 10.9 Å². The van der Waals surface area contributed by atoms with Crippen LogP contribution in [0.15, 0.2) is 0 Å². The standard InChI is InChI=1S/C7H13OS/c1-4-9-7(8)5-6(2)3/h6H,1,4-5H2,2-3H3. The van der Waals surface area contributed by atoms with Crippen molar-refractivity contribution in [2.75, 3.05) is 5.75 Å². The maximum atomic E-state index is 10.8. The highest BCUT2D eigenvalue weighted by Crippen LogP contribution is 2.09. The average Bonchev–Trinajstić information content (AvgIpc) is 1.63. The van der Waals surface area contributed by atoms with Crippen LogP contribution in [0.4, 0.5) is 0 Å². The zero-order valence-corrected chi connectivity index (χ0v) is 6.83. The van der Waals surface area contributed by atoms with Gasteiger partial charge in [-0.2, -0.15) is 0 Å². The second-order valence-corrected chi connectivity index (χ2v) is 3.47. The van der Waals surface area contributed by atoms with Crippen LogP contribution < -0.4 is 0 Å². The van der Waals surface area contributed by atoms with Gasteiger partial charge in [0.15, 0.2) is 5.12 Å². The van der Waals surface area contributed by atoms with Crippen molar-refractivity contribution in [3.8, 4) is 0 Å². The molecular formula is C7H13OS. The van der Waals surface area contributed by atoms with E-state index in [1.165, 1.54) is 11.8 Å². The highest BCUT2D eigenvalue weighted by molar-refractivity contribution is 8.13. The molecule has 0 saturated heterocycles. The van der Waals surface area contributed by atoms with Gasteiger partial charge in [-0.25, -0.2) is 0 Å². The third-order valence-corrected chi connectivity index (χ3v) is 1.53. The van der Waals surface area contributed by atoms with Gasteiger partial charge in [-0.05, 0) is 12.8 Å². The molecular weight excluding hydrogens is 132 g/mol. The Morgan fingerprint density at radius 2 is 2.22 bits per heavy atom. The number of carbonyl (C=O) groups excluding carboxylic acids is 1. The lowest BCUT2D eigenvalue weighted by atomic mass is 10.2. The molecule has 0 aromatic rings. The predicted molar refractivity (Wildman–Crippen MR) is 42.3 cm³/mol. The molecule has 1 radical (unpaired) electrons. The smallest absolute Gasteiger partial charge is 0.189 e. The van der Waals surface area contributed by atoms with Crippen molar-refractivity contribution in [1.82, 2.24) is 0 Å². The first-order valence-corrected chi connectivity index (χ1v) is 4.10. The van der Waals surface area contributed by atoms with Crippen molar-refractivity contribution >= 4 is 16.9 Å². The molecule has 53 valence electrons. The number of hydrogen-bond donors (Lipinski definition) is 0. The first kappa shape index (κ1) is 9.02. The fourth-order valence-corrected chi connectivity index (χ4v) is 1.18. The zero-order valence-electron chi connectivity index (χ0n) is 6.02. The van der Waals surface area contributed by atoms with Gasteiger partial charge in [-0.3, -0.25) is 4.79 Å². The maximum Gasteiger partial charge on any atom is 0.189 e. The highest BCUT2D eigenvalue weighted by atomic mass is 32.2. The summed E-state index contributed by atoms with van der Waals surface area (Å²) >= 11 is 1.31. The lowest BCUT2D eigenvalue weighted by molar-refractivity contribution is -0.111. The summed E-state index contributed by atoms with van der Waals surface area (Å²) in [5, 5.41) is 0.264. The fraction of sp³-hybridized carbons (Fsp3) is 0.714. The first-order valence-electron chi connectivity index (χ1n) is 3.11. The maximum absolute atomic E-state index is 10.8. The van der Waals surface area contributed by atoms with Crippen LogP contribution in [0.3, 0.4) is 0 Å². The molecule has 0 heterocycles. The van der Waals surface area contributed by atoms with E-state index in [0.29, 0.717) is 18.1 Å². The van der Waals surface area contributed by atoms with Gasteiger partial charge >= 0.3 is 0 Å². The van der Waals surface area contributed by atoms with Crippen LogP contribution in [0, 0.1) is 12.8 Å². The summed E-state index contributed by atoms with van der Waals surface area (Å²) < 4.78 is 0. The SMILES string of the molecule is [CH2]CSC(=O)CC(C)C. The topological polar surface area (TPSA) is 17.1 Å². The fourth-order valence-electron chi connectivity index (χ4n) is 0.506. The normalized spacial score (nSPS) is 10.2. The highest BCUT2D eigenvalue weighted by Gasteiger charge is 2.02. The molecule has 9 heavy (non-hydrogen) atoms. The summed E-state index contributed by atoms with van der Waals surface area (Å²) in [5.74, 6) is 1.14. The van der Waals surface area contributed by atoms with Crippen molar-refractivity contribution < 1.29 is 4.79 Å². The van der Waals surface area contributed by atoms with Crippen LogP contribution >= 0.6 is 11.8 Å². The largest absolute Gasteiger partial charge is 0.287 e. The summed E-state index contributed by atoms with van der Waals surface area (Å²) in [5.41, 5.74) is 0. The Kier molecular flexibility index (Phi) is 4.87. The monoisotopic (exact) mass is 145 g/mol. The average molecular weight is 145 g/mol. The summed E-state index contributed by atoms with van der Waals surface area (Å²) in [6, 6.07) is 0. The minimum atomic E-state index is 0.264. The molecule has 0 amide bonds. The Morgan fingerprint density at radius 3 is 2.56 bits per heavy atom. The van der Waals surface area contributed by atoms with Gasteiger partial charge in [0, 0.05) is 12.2 Å². The van der Waals surface area contributed by atoms with Crippen molar-refractivity contribution in [1.29, 1.82) is 0 Å².